The number of esters is 1. The van der Waals surface area contributed by atoms with Crippen molar-refractivity contribution in [3.8, 4) is 5.69 Å². The Kier molecular flexibility index (Phi) is 5.97. The van der Waals surface area contributed by atoms with Crippen molar-refractivity contribution in [2.75, 3.05) is 13.7 Å². The SMILES string of the molecule is COC(=O)c1cncc(-n2cc(C3=C(c4nn(CCO)c5ccccc45)C(=O)NC3=O)c3cc(Cl)ccc32)c1. The highest BCUT2D eigenvalue weighted by atomic mass is 35.5. The number of carbonyl (C=O) groups excluding carboxylic acids is 3. The van der Waals surface area contributed by atoms with E-state index in [0.717, 1.165) is 5.52 Å². The second-order valence-electron chi connectivity index (χ2n) is 8.84. The molecule has 2 amide bonds. The van der Waals surface area contributed by atoms with Gasteiger partial charge in [-0.05, 0) is 30.3 Å². The van der Waals surface area contributed by atoms with Crippen molar-refractivity contribution in [1.82, 2.24) is 24.6 Å². The van der Waals surface area contributed by atoms with Gasteiger partial charge >= 0.3 is 5.97 Å². The van der Waals surface area contributed by atoms with Crippen LogP contribution in [0, 0.1) is 0 Å². The Morgan fingerprint density at radius 1 is 1.03 bits per heavy atom. The van der Waals surface area contributed by atoms with Crippen molar-refractivity contribution in [1.29, 1.82) is 0 Å². The van der Waals surface area contributed by atoms with Gasteiger partial charge in [-0.1, -0.05) is 29.8 Å². The number of halogens is 1. The van der Waals surface area contributed by atoms with Crippen LogP contribution in [0.15, 0.2) is 67.1 Å². The molecule has 5 aromatic rings. The van der Waals surface area contributed by atoms with E-state index in [1.54, 1.807) is 45.9 Å². The topological polar surface area (TPSA) is 128 Å². The fourth-order valence-electron chi connectivity index (χ4n) is 4.92. The molecule has 0 aliphatic carbocycles. The third kappa shape index (κ3) is 3.97. The van der Waals surface area contributed by atoms with Crippen molar-refractivity contribution >= 4 is 62.3 Å². The minimum atomic E-state index is -0.577. The molecule has 1 aliphatic heterocycles. The maximum atomic E-state index is 13.3. The van der Waals surface area contributed by atoms with Crippen LogP contribution >= 0.6 is 11.6 Å². The van der Waals surface area contributed by atoms with E-state index in [-0.39, 0.29) is 29.9 Å². The number of para-hydroxylation sites is 1. The molecule has 4 heterocycles. The number of amides is 2. The number of pyridine rings is 1. The summed E-state index contributed by atoms with van der Waals surface area (Å²) in [6.45, 7) is 0.0734. The molecule has 0 bridgehead atoms. The molecule has 2 N–H and O–H groups in total. The van der Waals surface area contributed by atoms with Crippen molar-refractivity contribution in [3.63, 3.8) is 0 Å². The summed E-state index contributed by atoms with van der Waals surface area (Å²) in [5.41, 5.74) is 3.23. The number of carbonyl (C=O) groups is 3. The fraction of sp³-hybridized carbons (Fsp3) is 0.107. The van der Waals surface area contributed by atoms with Gasteiger partial charge in [-0.2, -0.15) is 5.10 Å². The average molecular weight is 542 g/mol. The van der Waals surface area contributed by atoms with E-state index in [2.05, 4.69) is 15.4 Å². The molecule has 2 aromatic carbocycles. The first-order valence-corrected chi connectivity index (χ1v) is 12.3. The lowest BCUT2D eigenvalue weighted by molar-refractivity contribution is -0.122. The molecular weight excluding hydrogens is 522 g/mol. The van der Waals surface area contributed by atoms with E-state index >= 15 is 0 Å². The lowest BCUT2D eigenvalue weighted by atomic mass is 9.97. The van der Waals surface area contributed by atoms with Crippen LogP contribution in [0.2, 0.25) is 5.02 Å². The normalized spacial score (nSPS) is 13.5. The van der Waals surface area contributed by atoms with Crippen molar-refractivity contribution in [2.45, 2.75) is 6.54 Å². The minimum absolute atomic E-state index is 0.119. The number of benzene rings is 2. The molecule has 6 rings (SSSR count). The van der Waals surface area contributed by atoms with E-state index in [1.807, 2.05) is 24.3 Å². The number of methoxy groups -OCH3 is 1. The van der Waals surface area contributed by atoms with Gasteiger partial charge in [-0.15, -0.1) is 0 Å². The van der Waals surface area contributed by atoms with Crippen LogP contribution in [-0.4, -0.2) is 55.9 Å². The summed E-state index contributed by atoms with van der Waals surface area (Å²) < 4.78 is 8.21. The van der Waals surface area contributed by atoms with Crippen molar-refractivity contribution in [3.05, 3.63) is 89.0 Å². The number of nitrogens with one attached hydrogen (secondary N) is 1. The number of hydrogen-bond donors (Lipinski definition) is 2. The Labute approximate surface area is 226 Å². The molecule has 0 saturated heterocycles. The zero-order valence-electron chi connectivity index (χ0n) is 20.5. The Bertz CT molecular complexity index is 1870. The predicted octanol–water partition coefficient (Wildman–Crippen LogP) is 3.37. The molecule has 39 heavy (non-hydrogen) atoms. The Morgan fingerprint density at radius 2 is 1.82 bits per heavy atom. The fourth-order valence-corrected chi connectivity index (χ4v) is 5.09. The molecule has 0 atom stereocenters. The van der Waals surface area contributed by atoms with Crippen LogP contribution in [0.3, 0.4) is 0 Å². The Morgan fingerprint density at radius 3 is 2.62 bits per heavy atom. The zero-order chi connectivity index (χ0) is 27.3. The van der Waals surface area contributed by atoms with E-state index in [1.165, 1.54) is 13.3 Å². The lowest BCUT2D eigenvalue weighted by Gasteiger charge is -2.06. The van der Waals surface area contributed by atoms with Crippen molar-refractivity contribution in [2.24, 2.45) is 0 Å². The molecule has 0 unspecified atom stereocenters. The van der Waals surface area contributed by atoms with Crippen LogP contribution in [-0.2, 0) is 20.9 Å². The number of ether oxygens (including phenoxy) is 1. The first kappa shape index (κ1) is 24.5. The zero-order valence-corrected chi connectivity index (χ0v) is 21.3. The third-order valence-corrected chi connectivity index (χ3v) is 6.83. The first-order chi connectivity index (χ1) is 18.9. The number of hydrogen-bond acceptors (Lipinski definition) is 7. The first-order valence-electron chi connectivity index (χ1n) is 11.9. The maximum Gasteiger partial charge on any atom is 0.339 e. The van der Waals surface area contributed by atoms with Crippen LogP contribution in [0.1, 0.15) is 21.6 Å². The molecule has 0 fully saturated rings. The van der Waals surface area contributed by atoms with Gasteiger partial charge in [0.15, 0.2) is 0 Å². The van der Waals surface area contributed by atoms with Gasteiger partial charge in [0.25, 0.3) is 11.8 Å². The van der Waals surface area contributed by atoms with E-state index in [0.29, 0.717) is 38.3 Å². The standard InChI is InChI=1S/C28H20ClN5O5/c1-39-28(38)15-10-17(13-30-12-15)33-14-20(19-11-16(29)6-7-21(19)33)23-24(27(37)31-26(23)36)25-18-4-2-3-5-22(18)34(32-25)8-9-35/h2-7,10-14,35H,8-9H2,1H3,(H,31,36,37). The second-order valence-corrected chi connectivity index (χ2v) is 9.28. The molecule has 3 aromatic heterocycles. The highest BCUT2D eigenvalue weighted by molar-refractivity contribution is 6.50. The highest BCUT2D eigenvalue weighted by Crippen LogP contribution is 2.39. The monoisotopic (exact) mass is 541 g/mol. The Balaban J connectivity index is 1.64. The highest BCUT2D eigenvalue weighted by Gasteiger charge is 2.36. The number of rotatable bonds is 6. The van der Waals surface area contributed by atoms with Gasteiger partial charge < -0.3 is 14.4 Å². The summed E-state index contributed by atoms with van der Waals surface area (Å²) in [6.07, 6.45) is 4.68. The van der Waals surface area contributed by atoms with Crippen LogP contribution in [0.5, 0.6) is 0 Å². The number of aliphatic hydroxyl groups is 1. The second kappa shape index (κ2) is 9.50. The van der Waals surface area contributed by atoms with Crippen LogP contribution in [0.25, 0.3) is 38.6 Å². The average Bonchev–Trinajstić information content (AvgIpc) is 3.58. The van der Waals surface area contributed by atoms with Gasteiger partial charge in [0.2, 0.25) is 0 Å². The van der Waals surface area contributed by atoms with Gasteiger partial charge in [0.1, 0.15) is 5.69 Å². The number of aliphatic hydroxyl groups excluding tert-OH is 1. The largest absolute Gasteiger partial charge is 0.465 e. The number of nitrogens with zero attached hydrogens (tertiary/aromatic N) is 4. The van der Waals surface area contributed by atoms with E-state index in [4.69, 9.17) is 16.3 Å². The predicted molar refractivity (Wildman–Crippen MR) is 144 cm³/mol. The summed E-state index contributed by atoms with van der Waals surface area (Å²) in [4.78, 5) is 42.9. The quantitative estimate of drug-likeness (QED) is 0.249. The minimum Gasteiger partial charge on any atom is -0.465 e. The molecule has 1 aliphatic rings. The molecule has 0 spiro atoms. The van der Waals surface area contributed by atoms with Crippen molar-refractivity contribution < 1.29 is 24.2 Å². The van der Waals surface area contributed by atoms with Crippen LogP contribution < -0.4 is 5.32 Å². The Hall–Kier alpha value is -4.80. The lowest BCUT2D eigenvalue weighted by Crippen LogP contribution is -2.22. The van der Waals surface area contributed by atoms with Gasteiger partial charge in [-0.25, -0.2) is 4.79 Å². The van der Waals surface area contributed by atoms with Gasteiger partial charge in [0.05, 0.1) is 59.9 Å². The summed E-state index contributed by atoms with van der Waals surface area (Å²) in [5, 5.41) is 18.3. The maximum absolute atomic E-state index is 13.3. The third-order valence-electron chi connectivity index (χ3n) is 6.60. The molecule has 194 valence electrons. The summed E-state index contributed by atoms with van der Waals surface area (Å²) in [6, 6.07) is 14.1. The van der Waals surface area contributed by atoms with E-state index in [9.17, 15) is 19.5 Å². The smallest absolute Gasteiger partial charge is 0.339 e. The number of aromatic nitrogens is 4. The molecular formula is C28H20ClN5O5. The summed E-state index contributed by atoms with van der Waals surface area (Å²) in [7, 11) is 1.29. The molecule has 0 radical (unpaired) electrons. The molecule has 11 heteroatoms. The van der Waals surface area contributed by atoms with Gasteiger partial charge in [0, 0.05) is 33.8 Å². The molecule has 10 nitrogen and oxygen atoms in total. The van der Waals surface area contributed by atoms with Gasteiger partial charge in [-0.3, -0.25) is 24.6 Å². The number of fused-ring (bicyclic) bond motifs is 2. The molecule has 0 saturated carbocycles. The summed E-state index contributed by atoms with van der Waals surface area (Å²) in [5.74, 6) is -1.69. The van der Waals surface area contributed by atoms with E-state index < -0.39 is 17.8 Å². The summed E-state index contributed by atoms with van der Waals surface area (Å²) >= 11 is 6.37. The van der Waals surface area contributed by atoms with Crippen LogP contribution in [0.4, 0.5) is 0 Å². The number of imide groups is 1.